The van der Waals surface area contributed by atoms with Crippen LogP contribution in [0.15, 0.2) is 28.3 Å². The highest BCUT2D eigenvalue weighted by Crippen LogP contribution is 2.32. The number of ether oxygens (including phenoxy) is 2. The summed E-state index contributed by atoms with van der Waals surface area (Å²) in [5, 5.41) is 10.2. The molecule has 3 atom stereocenters. The second-order valence-electron chi connectivity index (χ2n) is 5.10. The van der Waals surface area contributed by atoms with Gasteiger partial charge in [-0.2, -0.15) is 0 Å². The normalized spacial score (nSPS) is 40.3. The average molecular weight is 235 g/mol. The third-order valence-corrected chi connectivity index (χ3v) is 3.70. The molecule has 1 aliphatic carbocycles. The molecule has 92 valence electrons. The maximum atomic E-state index is 10.2. The van der Waals surface area contributed by atoms with Crippen LogP contribution >= 0.6 is 0 Å². The van der Waals surface area contributed by atoms with E-state index in [4.69, 9.17) is 9.47 Å². The van der Waals surface area contributed by atoms with Gasteiger partial charge in [0.25, 0.3) is 0 Å². The van der Waals surface area contributed by atoms with E-state index in [1.807, 2.05) is 26.0 Å². The molecule has 0 radical (unpaired) electrons. The van der Waals surface area contributed by atoms with Gasteiger partial charge in [-0.15, -0.1) is 0 Å². The molecule has 0 bridgehead atoms. The van der Waals surface area contributed by atoms with E-state index in [-0.39, 0.29) is 12.1 Å². The van der Waals surface area contributed by atoms with Crippen molar-refractivity contribution in [1.29, 1.82) is 0 Å². The van der Waals surface area contributed by atoms with Crippen LogP contribution in [0.1, 0.15) is 20.3 Å². The molecule has 0 aromatic rings. The quantitative estimate of drug-likeness (QED) is 0.732. The lowest BCUT2D eigenvalue weighted by atomic mass is 9.85. The van der Waals surface area contributed by atoms with Crippen LogP contribution in [0.4, 0.5) is 0 Å². The van der Waals surface area contributed by atoms with Crippen molar-refractivity contribution < 1.29 is 14.6 Å². The van der Waals surface area contributed by atoms with Gasteiger partial charge in [0.2, 0.25) is 5.90 Å². The summed E-state index contributed by atoms with van der Waals surface area (Å²) in [4.78, 5) is 4.54. The van der Waals surface area contributed by atoms with Crippen LogP contribution in [0.25, 0.3) is 0 Å². The molecule has 1 saturated heterocycles. The Balaban J connectivity index is 1.89. The Labute approximate surface area is 101 Å². The number of epoxide rings is 1. The first kappa shape index (κ1) is 11.0. The summed E-state index contributed by atoms with van der Waals surface area (Å²) in [5.74, 6) is 0.652. The highest BCUT2D eigenvalue weighted by Gasteiger charge is 2.38. The van der Waals surface area contributed by atoms with E-state index in [1.54, 1.807) is 0 Å². The zero-order chi connectivity index (χ0) is 12.0. The zero-order valence-corrected chi connectivity index (χ0v) is 10.1. The lowest BCUT2D eigenvalue weighted by Gasteiger charge is -2.28. The summed E-state index contributed by atoms with van der Waals surface area (Å²) >= 11 is 0. The Bertz CT molecular complexity index is 430. The number of hydrogen-bond acceptors (Lipinski definition) is 4. The molecular weight excluding hydrogens is 218 g/mol. The number of nitrogens with zero attached hydrogens (tertiary/aromatic N) is 1. The molecule has 3 rings (SSSR count). The average Bonchev–Trinajstić information content (AvgIpc) is 3.02. The molecule has 1 fully saturated rings. The first-order valence-electron chi connectivity index (χ1n) is 6.01. The third-order valence-electron chi connectivity index (χ3n) is 3.70. The van der Waals surface area contributed by atoms with E-state index in [9.17, 15) is 5.11 Å². The van der Waals surface area contributed by atoms with Crippen molar-refractivity contribution in [3.05, 3.63) is 23.3 Å². The molecule has 1 unspecified atom stereocenters. The van der Waals surface area contributed by atoms with Crippen LogP contribution in [-0.4, -0.2) is 42.0 Å². The minimum Gasteiger partial charge on any atom is -0.475 e. The molecule has 0 aromatic carbocycles. The topological polar surface area (TPSA) is 54.4 Å². The third kappa shape index (κ3) is 1.91. The molecule has 0 aromatic heterocycles. The number of rotatable bonds is 2. The van der Waals surface area contributed by atoms with Crippen LogP contribution in [0.5, 0.6) is 0 Å². The lowest BCUT2D eigenvalue weighted by Crippen LogP contribution is -2.29. The molecule has 0 spiro atoms. The highest BCUT2D eigenvalue weighted by atomic mass is 16.6. The van der Waals surface area contributed by atoms with Gasteiger partial charge in [0.15, 0.2) is 0 Å². The lowest BCUT2D eigenvalue weighted by molar-refractivity contribution is 0.0998. The molecule has 2 aliphatic heterocycles. The predicted molar refractivity (Wildman–Crippen MR) is 64.0 cm³/mol. The fraction of sp³-hybridized carbons (Fsp3) is 0.615. The van der Waals surface area contributed by atoms with Crippen LogP contribution in [-0.2, 0) is 9.47 Å². The number of aliphatic hydroxyl groups is 1. The fourth-order valence-corrected chi connectivity index (χ4v) is 2.21. The molecule has 4 nitrogen and oxygen atoms in total. The summed E-state index contributed by atoms with van der Waals surface area (Å²) in [7, 11) is 0. The van der Waals surface area contributed by atoms with Crippen molar-refractivity contribution in [2.75, 3.05) is 13.2 Å². The van der Waals surface area contributed by atoms with E-state index in [2.05, 4.69) is 4.99 Å². The summed E-state index contributed by atoms with van der Waals surface area (Å²) < 4.78 is 10.8. The molecule has 17 heavy (non-hydrogen) atoms. The second-order valence-corrected chi connectivity index (χ2v) is 5.10. The highest BCUT2D eigenvalue weighted by molar-refractivity contribution is 5.98. The Morgan fingerprint density at radius 1 is 1.47 bits per heavy atom. The molecule has 4 heteroatoms. The van der Waals surface area contributed by atoms with Gasteiger partial charge >= 0.3 is 0 Å². The van der Waals surface area contributed by atoms with Gasteiger partial charge in [-0.1, -0.05) is 12.2 Å². The van der Waals surface area contributed by atoms with Crippen molar-refractivity contribution in [2.24, 2.45) is 4.99 Å². The van der Waals surface area contributed by atoms with Gasteiger partial charge in [-0.3, -0.25) is 0 Å². The Morgan fingerprint density at radius 2 is 2.24 bits per heavy atom. The molecule has 0 saturated carbocycles. The van der Waals surface area contributed by atoms with Crippen LogP contribution in [0.2, 0.25) is 0 Å². The van der Waals surface area contributed by atoms with Gasteiger partial charge in [0, 0.05) is 5.57 Å². The SMILES string of the molecule is CC1=C(C2=N[C@H]([C@H]3CO3)CO2)C=CCC1(C)O. The van der Waals surface area contributed by atoms with Crippen molar-refractivity contribution >= 4 is 5.90 Å². The fourth-order valence-electron chi connectivity index (χ4n) is 2.21. The maximum Gasteiger partial charge on any atom is 0.216 e. The van der Waals surface area contributed by atoms with Crippen molar-refractivity contribution in [3.8, 4) is 0 Å². The summed E-state index contributed by atoms with van der Waals surface area (Å²) in [6.45, 7) is 5.14. The number of aliphatic imine (C=N–C) groups is 1. The first-order chi connectivity index (χ1) is 8.08. The van der Waals surface area contributed by atoms with Crippen LogP contribution in [0.3, 0.4) is 0 Å². The molecule has 2 heterocycles. The van der Waals surface area contributed by atoms with E-state index in [0.717, 1.165) is 17.8 Å². The van der Waals surface area contributed by atoms with Crippen LogP contribution < -0.4 is 0 Å². The van der Waals surface area contributed by atoms with E-state index in [1.165, 1.54) is 0 Å². The zero-order valence-electron chi connectivity index (χ0n) is 10.1. The largest absolute Gasteiger partial charge is 0.475 e. The Morgan fingerprint density at radius 3 is 2.94 bits per heavy atom. The van der Waals surface area contributed by atoms with E-state index >= 15 is 0 Å². The van der Waals surface area contributed by atoms with Crippen LogP contribution in [0, 0.1) is 0 Å². The number of hydrogen-bond donors (Lipinski definition) is 1. The second kappa shape index (κ2) is 3.68. The molecule has 0 amide bonds. The minimum absolute atomic E-state index is 0.130. The van der Waals surface area contributed by atoms with Crippen molar-refractivity contribution in [3.63, 3.8) is 0 Å². The minimum atomic E-state index is -0.788. The first-order valence-corrected chi connectivity index (χ1v) is 6.01. The van der Waals surface area contributed by atoms with Gasteiger partial charge in [-0.05, 0) is 25.8 Å². The Hall–Kier alpha value is -1.13. The summed E-state index contributed by atoms with van der Waals surface area (Å²) in [6, 6.07) is 0.130. The maximum absolute atomic E-state index is 10.2. The van der Waals surface area contributed by atoms with Gasteiger partial charge in [0.1, 0.15) is 18.8 Å². The van der Waals surface area contributed by atoms with Gasteiger partial charge in [0.05, 0.1) is 12.2 Å². The van der Waals surface area contributed by atoms with Crippen molar-refractivity contribution in [2.45, 2.75) is 38.0 Å². The standard InChI is InChI=1S/C13H17NO3/c1-8-9(4-3-5-13(8,2)15)12-14-10(6-17-12)11-7-16-11/h3-4,10-11,15H,5-7H2,1-2H3/t10-,11+,13?/m0/s1. The van der Waals surface area contributed by atoms with Gasteiger partial charge < -0.3 is 14.6 Å². The summed E-state index contributed by atoms with van der Waals surface area (Å²) in [5.41, 5.74) is 1.06. The van der Waals surface area contributed by atoms with Gasteiger partial charge in [-0.25, -0.2) is 4.99 Å². The molecule has 1 N–H and O–H groups in total. The predicted octanol–water partition coefficient (Wildman–Crippen LogP) is 1.21. The smallest absolute Gasteiger partial charge is 0.216 e. The molecule has 3 aliphatic rings. The molecular formula is C13H17NO3. The van der Waals surface area contributed by atoms with Crippen molar-refractivity contribution in [1.82, 2.24) is 0 Å². The van der Waals surface area contributed by atoms with E-state index in [0.29, 0.717) is 18.9 Å². The monoisotopic (exact) mass is 235 g/mol. The Kier molecular flexibility index (Phi) is 2.38. The van der Waals surface area contributed by atoms with E-state index < -0.39 is 5.60 Å². The summed E-state index contributed by atoms with van der Waals surface area (Å²) in [6.07, 6.45) is 4.84.